The topological polar surface area (TPSA) is 75.3 Å². The number of carbonyl (C=O) groups is 3. The van der Waals surface area contributed by atoms with Gasteiger partial charge in [-0.2, -0.15) is 0 Å². The van der Waals surface area contributed by atoms with Crippen molar-refractivity contribution in [2.24, 2.45) is 0 Å². The molecule has 2 aromatic rings. The van der Waals surface area contributed by atoms with Crippen molar-refractivity contribution in [2.45, 2.75) is 5.92 Å². The third-order valence-corrected chi connectivity index (χ3v) is 3.64. The summed E-state index contributed by atoms with van der Waals surface area (Å²) < 4.78 is 0. The molecular weight excluding hydrogens is 304 g/mol. The Morgan fingerprint density at radius 3 is 2.45 bits per heavy atom. The molecule has 0 aromatic heterocycles. The number of carbonyl (C=O) groups excluding carboxylic acids is 3. The molecule has 1 aliphatic heterocycles. The zero-order valence-electron chi connectivity index (χ0n) is 11.3. The smallest absolute Gasteiger partial charge is 0.258 e. The molecule has 1 aliphatic rings. The summed E-state index contributed by atoms with van der Waals surface area (Å²) >= 11 is 5.79. The molecule has 5 nitrogen and oxygen atoms in total. The summed E-state index contributed by atoms with van der Waals surface area (Å²) in [5.41, 5.74) is 1.26. The molecule has 6 heteroatoms. The predicted octanol–water partition coefficient (Wildman–Crippen LogP) is 2.33. The minimum absolute atomic E-state index is 0.332. The van der Waals surface area contributed by atoms with Crippen molar-refractivity contribution in [1.29, 1.82) is 0 Å². The summed E-state index contributed by atoms with van der Waals surface area (Å²) in [6.45, 7) is 0. The maximum atomic E-state index is 12.4. The van der Waals surface area contributed by atoms with Crippen LogP contribution >= 0.6 is 11.6 Å². The molecule has 2 aromatic carbocycles. The van der Waals surface area contributed by atoms with E-state index in [1.54, 1.807) is 48.5 Å². The van der Waals surface area contributed by atoms with E-state index in [0.717, 1.165) is 0 Å². The number of amides is 3. The Balaban J connectivity index is 1.91. The Labute approximate surface area is 131 Å². The summed E-state index contributed by atoms with van der Waals surface area (Å²) in [6.07, 6.45) is 0. The summed E-state index contributed by atoms with van der Waals surface area (Å²) in [7, 11) is 0. The first-order valence-corrected chi connectivity index (χ1v) is 6.94. The molecule has 0 saturated carbocycles. The van der Waals surface area contributed by atoms with Gasteiger partial charge in [-0.1, -0.05) is 29.8 Å². The third-order valence-electron chi connectivity index (χ3n) is 3.39. The fraction of sp³-hybridized carbons (Fsp3) is 0.0625. The molecule has 2 N–H and O–H groups in total. The standard InChI is InChI=1S/C16H11ClN2O3/c17-9-5-7-10(8-6-9)18-15(21)13-11-3-1-2-4-12(11)14(20)19-16(13)22/h1-8,13H,(H,18,21)(H,19,20,22)/t13-/m0/s1. The molecule has 0 unspecified atom stereocenters. The van der Waals surface area contributed by atoms with E-state index < -0.39 is 23.6 Å². The molecule has 0 saturated heterocycles. The van der Waals surface area contributed by atoms with Crippen LogP contribution in [0.2, 0.25) is 5.02 Å². The van der Waals surface area contributed by atoms with Crippen molar-refractivity contribution in [3.63, 3.8) is 0 Å². The number of hydrogen-bond donors (Lipinski definition) is 2. The molecule has 1 heterocycles. The van der Waals surface area contributed by atoms with Gasteiger partial charge in [0.05, 0.1) is 0 Å². The molecular formula is C16H11ClN2O3. The lowest BCUT2D eigenvalue weighted by molar-refractivity contribution is -0.128. The molecule has 0 bridgehead atoms. The highest BCUT2D eigenvalue weighted by Crippen LogP contribution is 2.26. The van der Waals surface area contributed by atoms with E-state index in [4.69, 9.17) is 11.6 Å². The van der Waals surface area contributed by atoms with Gasteiger partial charge < -0.3 is 5.32 Å². The second-order valence-corrected chi connectivity index (χ2v) is 5.27. The summed E-state index contributed by atoms with van der Waals surface area (Å²) in [6, 6.07) is 13.1. The number of rotatable bonds is 2. The SMILES string of the molecule is O=C1NC(=O)[C@H](C(=O)Nc2ccc(Cl)cc2)c2ccccc21. The van der Waals surface area contributed by atoms with Gasteiger partial charge in [0, 0.05) is 16.3 Å². The highest BCUT2D eigenvalue weighted by Gasteiger charge is 2.37. The minimum Gasteiger partial charge on any atom is -0.325 e. The van der Waals surface area contributed by atoms with Crippen LogP contribution in [0.15, 0.2) is 48.5 Å². The van der Waals surface area contributed by atoms with Gasteiger partial charge in [-0.25, -0.2) is 0 Å². The number of fused-ring (bicyclic) bond motifs is 1. The number of nitrogens with one attached hydrogen (secondary N) is 2. The highest BCUT2D eigenvalue weighted by atomic mass is 35.5. The van der Waals surface area contributed by atoms with E-state index in [9.17, 15) is 14.4 Å². The average molecular weight is 315 g/mol. The zero-order valence-corrected chi connectivity index (χ0v) is 12.1. The van der Waals surface area contributed by atoms with Crippen LogP contribution in [0.1, 0.15) is 21.8 Å². The van der Waals surface area contributed by atoms with E-state index in [-0.39, 0.29) is 0 Å². The zero-order chi connectivity index (χ0) is 15.7. The monoisotopic (exact) mass is 314 g/mol. The molecule has 3 rings (SSSR count). The Morgan fingerprint density at radius 2 is 1.73 bits per heavy atom. The lowest BCUT2D eigenvalue weighted by Gasteiger charge is -2.23. The van der Waals surface area contributed by atoms with Crippen LogP contribution in [-0.2, 0) is 9.59 Å². The molecule has 0 spiro atoms. The van der Waals surface area contributed by atoms with Crippen molar-refractivity contribution in [2.75, 3.05) is 5.32 Å². The van der Waals surface area contributed by atoms with Gasteiger partial charge in [-0.3, -0.25) is 19.7 Å². The van der Waals surface area contributed by atoms with Crippen LogP contribution < -0.4 is 10.6 Å². The van der Waals surface area contributed by atoms with E-state index >= 15 is 0 Å². The highest BCUT2D eigenvalue weighted by molar-refractivity contribution is 6.30. The molecule has 0 fully saturated rings. The van der Waals surface area contributed by atoms with Gasteiger partial charge in [-0.05, 0) is 35.9 Å². The summed E-state index contributed by atoms with van der Waals surface area (Å²) in [5.74, 6) is -2.68. The van der Waals surface area contributed by atoms with Crippen LogP contribution in [0.5, 0.6) is 0 Å². The van der Waals surface area contributed by atoms with Crippen molar-refractivity contribution in [1.82, 2.24) is 5.32 Å². The maximum absolute atomic E-state index is 12.4. The van der Waals surface area contributed by atoms with E-state index in [0.29, 0.717) is 21.8 Å². The first-order chi connectivity index (χ1) is 10.6. The van der Waals surface area contributed by atoms with Crippen LogP contribution in [-0.4, -0.2) is 17.7 Å². The molecule has 22 heavy (non-hydrogen) atoms. The van der Waals surface area contributed by atoms with Crippen LogP contribution in [0.4, 0.5) is 5.69 Å². The molecule has 1 atom stereocenters. The largest absolute Gasteiger partial charge is 0.325 e. The maximum Gasteiger partial charge on any atom is 0.258 e. The number of hydrogen-bond acceptors (Lipinski definition) is 3. The van der Waals surface area contributed by atoms with Gasteiger partial charge >= 0.3 is 0 Å². The lowest BCUT2D eigenvalue weighted by Crippen LogP contribution is -2.44. The van der Waals surface area contributed by atoms with Crippen LogP contribution in [0.3, 0.4) is 0 Å². The fourth-order valence-electron chi connectivity index (χ4n) is 2.36. The number of halogens is 1. The van der Waals surface area contributed by atoms with Gasteiger partial charge in [-0.15, -0.1) is 0 Å². The van der Waals surface area contributed by atoms with Crippen molar-refractivity contribution >= 4 is 35.0 Å². The number of benzene rings is 2. The number of anilines is 1. The molecule has 3 amide bonds. The quantitative estimate of drug-likeness (QED) is 0.660. The predicted molar refractivity (Wildman–Crippen MR) is 81.7 cm³/mol. The Hall–Kier alpha value is -2.66. The first kappa shape index (κ1) is 14.3. The minimum atomic E-state index is -1.07. The lowest BCUT2D eigenvalue weighted by atomic mass is 9.89. The van der Waals surface area contributed by atoms with Crippen molar-refractivity contribution in [3.8, 4) is 0 Å². The Bertz CT molecular complexity index is 771. The Kier molecular flexibility index (Phi) is 3.65. The van der Waals surface area contributed by atoms with Crippen LogP contribution in [0, 0.1) is 0 Å². The fourth-order valence-corrected chi connectivity index (χ4v) is 2.48. The molecule has 110 valence electrons. The second kappa shape index (κ2) is 5.61. The van der Waals surface area contributed by atoms with Gasteiger partial charge in [0.1, 0.15) is 5.92 Å². The van der Waals surface area contributed by atoms with E-state index in [1.807, 2.05) is 0 Å². The van der Waals surface area contributed by atoms with Crippen LogP contribution in [0.25, 0.3) is 0 Å². The van der Waals surface area contributed by atoms with Crippen molar-refractivity contribution < 1.29 is 14.4 Å². The normalized spacial score (nSPS) is 16.7. The van der Waals surface area contributed by atoms with Gasteiger partial charge in [0.25, 0.3) is 5.91 Å². The summed E-state index contributed by atoms with van der Waals surface area (Å²) in [5, 5.41) is 5.40. The first-order valence-electron chi connectivity index (χ1n) is 6.57. The Morgan fingerprint density at radius 1 is 1.05 bits per heavy atom. The van der Waals surface area contributed by atoms with Gasteiger partial charge in [0.15, 0.2) is 0 Å². The molecule has 0 aliphatic carbocycles. The van der Waals surface area contributed by atoms with Crippen molar-refractivity contribution in [3.05, 3.63) is 64.7 Å². The molecule has 0 radical (unpaired) electrons. The van der Waals surface area contributed by atoms with Gasteiger partial charge in [0.2, 0.25) is 11.8 Å². The third kappa shape index (κ3) is 2.58. The average Bonchev–Trinajstić information content (AvgIpc) is 2.49. The van der Waals surface area contributed by atoms with E-state index in [2.05, 4.69) is 10.6 Å². The van der Waals surface area contributed by atoms with E-state index in [1.165, 1.54) is 0 Å². The number of imide groups is 1. The second-order valence-electron chi connectivity index (χ2n) is 4.83. The summed E-state index contributed by atoms with van der Waals surface area (Å²) in [4.78, 5) is 36.2.